The molecule has 10 nitrogen and oxygen atoms in total. The van der Waals surface area contributed by atoms with Gasteiger partial charge in [0.15, 0.2) is 6.19 Å². The summed E-state index contributed by atoms with van der Waals surface area (Å²) in [5.74, 6) is 1.33. The molecule has 1 aliphatic heterocycles. The van der Waals surface area contributed by atoms with Crippen LogP contribution in [0.2, 0.25) is 0 Å². The lowest BCUT2D eigenvalue weighted by molar-refractivity contribution is 0.0821. The highest BCUT2D eigenvalue weighted by Crippen LogP contribution is 2.26. The summed E-state index contributed by atoms with van der Waals surface area (Å²) in [6, 6.07) is 9.72. The molecular weight excluding hydrogens is 454 g/mol. The summed E-state index contributed by atoms with van der Waals surface area (Å²) in [4.78, 5) is 36.0. The molecule has 0 bridgehead atoms. The van der Waals surface area contributed by atoms with Crippen molar-refractivity contribution in [3.8, 4) is 6.19 Å². The van der Waals surface area contributed by atoms with Crippen LogP contribution >= 0.6 is 0 Å². The van der Waals surface area contributed by atoms with Gasteiger partial charge in [-0.2, -0.15) is 5.26 Å². The zero-order chi connectivity index (χ0) is 24.9. The average molecular weight is 488 g/mol. The molecule has 3 aromatic rings. The molecule has 3 heterocycles. The second-order valence-corrected chi connectivity index (χ2v) is 8.93. The van der Waals surface area contributed by atoms with E-state index < -0.39 is 0 Å². The number of carbonyl (C=O) groups is 1. The summed E-state index contributed by atoms with van der Waals surface area (Å²) in [5.41, 5.74) is 1.92. The van der Waals surface area contributed by atoms with Crippen LogP contribution in [0.1, 0.15) is 31.8 Å². The molecule has 2 aromatic heterocycles. The van der Waals surface area contributed by atoms with Crippen LogP contribution in [0.5, 0.6) is 0 Å². The molecule has 0 spiro atoms. The molecule has 0 radical (unpaired) electrons. The van der Waals surface area contributed by atoms with Gasteiger partial charge in [-0.1, -0.05) is 27.3 Å². The van der Waals surface area contributed by atoms with Crippen LogP contribution in [0.25, 0.3) is 10.9 Å². The average Bonchev–Trinajstić information content (AvgIpc) is 2.88. The van der Waals surface area contributed by atoms with Gasteiger partial charge in [-0.3, -0.25) is 15.1 Å². The highest BCUT2D eigenvalue weighted by Gasteiger charge is 2.32. The normalized spacial score (nSPS) is 15.9. The van der Waals surface area contributed by atoms with E-state index in [4.69, 9.17) is 4.99 Å². The monoisotopic (exact) mass is 487 g/mol. The Hall–Kier alpha value is -4.26. The Balaban J connectivity index is 0.00000361. The Labute approximate surface area is 212 Å². The number of fused-ring (bicyclic) bond motifs is 1. The van der Waals surface area contributed by atoms with E-state index in [0.717, 1.165) is 22.4 Å². The molecular formula is C26H33N9O. The minimum Gasteiger partial charge on any atom is -0.351 e. The first-order valence-electron chi connectivity index (χ1n) is 11.5. The van der Waals surface area contributed by atoms with Crippen LogP contribution in [-0.4, -0.2) is 76.4 Å². The molecule has 36 heavy (non-hydrogen) atoms. The van der Waals surface area contributed by atoms with E-state index in [1.54, 1.807) is 26.5 Å². The van der Waals surface area contributed by atoms with Gasteiger partial charge >= 0.3 is 0 Å². The predicted molar refractivity (Wildman–Crippen MR) is 142 cm³/mol. The van der Waals surface area contributed by atoms with Crippen molar-refractivity contribution in [3.05, 3.63) is 54.6 Å². The van der Waals surface area contributed by atoms with Gasteiger partial charge in [0.25, 0.3) is 5.91 Å². The van der Waals surface area contributed by atoms with Crippen LogP contribution in [-0.2, 0) is 0 Å². The fourth-order valence-corrected chi connectivity index (χ4v) is 4.19. The lowest BCUT2D eigenvalue weighted by Gasteiger charge is -2.44. The first-order chi connectivity index (χ1) is 16.9. The number of guanidine groups is 1. The van der Waals surface area contributed by atoms with Gasteiger partial charge in [0.2, 0.25) is 5.96 Å². The summed E-state index contributed by atoms with van der Waals surface area (Å²) >= 11 is 0. The van der Waals surface area contributed by atoms with Crippen molar-refractivity contribution in [2.24, 2.45) is 10.9 Å². The maximum absolute atomic E-state index is 12.1. The second-order valence-electron chi connectivity index (χ2n) is 8.93. The number of aliphatic imine (C=N–C) groups is 1. The van der Waals surface area contributed by atoms with E-state index in [9.17, 15) is 10.1 Å². The van der Waals surface area contributed by atoms with Crippen molar-refractivity contribution in [1.29, 1.82) is 5.26 Å². The van der Waals surface area contributed by atoms with Gasteiger partial charge in [-0.15, -0.1) is 0 Å². The van der Waals surface area contributed by atoms with E-state index >= 15 is 0 Å². The number of hydrogen-bond donors (Lipinski definition) is 1. The molecule has 0 saturated carbocycles. The van der Waals surface area contributed by atoms with Crippen molar-refractivity contribution in [3.63, 3.8) is 0 Å². The number of benzene rings is 1. The smallest absolute Gasteiger partial charge is 0.273 e. The van der Waals surface area contributed by atoms with Gasteiger partial charge in [0.05, 0.1) is 29.6 Å². The largest absolute Gasteiger partial charge is 0.351 e. The van der Waals surface area contributed by atoms with E-state index in [2.05, 4.69) is 50.1 Å². The maximum Gasteiger partial charge on any atom is 0.273 e. The lowest BCUT2D eigenvalue weighted by Crippen LogP contribution is -2.59. The molecule has 1 N–H and O–H groups in total. The van der Waals surface area contributed by atoms with Gasteiger partial charge in [0.1, 0.15) is 11.5 Å². The van der Waals surface area contributed by atoms with Crippen molar-refractivity contribution < 1.29 is 4.79 Å². The van der Waals surface area contributed by atoms with Crippen LogP contribution in [0, 0.1) is 17.4 Å². The molecule has 1 amide bonds. The standard InChI is InChI=1S/C25H29N9O.CH4/c1-17(2)22-15-33(23-14-28-21(13-29-23)24(35)32(3)4)11-12-34(22)25(30-16-26)31-20-9-5-8-19-18(20)7-6-10-27-19;/h5-10,13-14,17,22H,11-12,15H2,1-4H3,(H,30,31);1H4/t22-;/m1./s1. The highest BCUT2D eigenvalue weighted by atomic mass is 16.2. The summed E-state index contributed by atoms with van der Waals surface area (Å²) < 4.78 is 0. The predicted octanol–water partition coefficient (Wildman–Crippen LogP) is 3.27. The summed E-state index contributed by atoms with van der Waals surface area (Å²) in [5, 5.41) is 13.2. The number of hydrogen-bond acceptors (Lipinski definition) is 7. The Kier molecular flexibility index (Phi) is 8.38. The Morgan fingerprint density at radius 1 is 1.17 bits per heavy atom. The van der Waals surface area contributed by atoms with Crippen molar-refractivity contribution in [1.82, 2.24) is 30.1 Å². The Bertz CT molecular complexity index is 1260. The summed E-state index contributed by atoms with van der Waals surface area (Å²) in [6.07, 6.45) is 6.97. The van der Waals surface area contributed by atoms with Gasteiger partial charge in [0, 0.05) is 45.3 Å². The van der Waals surface area contributed by atoms with E-state index in [-0.39, 0.29) is 25.3 Å². The number of nitriles is 1. The minimum atomic E-state index is -0.180. The fraction of sp³-hybridized carbons (Fsp3) is 0.385. The molecule has 1 aliphatic rings. The van der Waals surface area contributed by atoms with Crippen molar-refractivity contribution in [2.45, 2.75) is 27.3 Å². The molecule has 1 saturated heterocycles. The number of nitrogens with one attached hydrogen (secondary N) is 1. The first kappa shape index (κ1) is 26.3. The third-order valence-electron chi connectivity index (χ3n) is 6.06. The topological polar surface area (TPSA) is 114 Å². The minimum absolute atomic E-state index is 0. The van der Waals surface area contributed by atoms with E-state index in [1.807, 2.05) is 30.3 Å². The molecule has 4 rings (SSSR count). The number of anilines is 1. The molecule has 1 fully saturated rings. The lowest BCUT2D eigenvalue weighted by atomic mass is 10.00. The maximum atomic E-state index is 12.1. The van der Waals surface area contributed by atoms with Crippen LogP contribution in [0.15, 0.2) is 53.9 Å². The quantitative estimate of drug-likeness (QED) is 0.258. The van der Waals surface area contributed by atoms with Gasteiger partial charge < -0.3 is 14.7 Å². The SMILES string of the molecule is C.CC(C)[C@H]1CN(c2cnc(C(=O)N(C)C)cn2)CCN1C(=Nc1cccc2ncccc12)NC#N. The Morgan fingerprint density at radius 3 is 2.64 bits per heavy atom. The number of piperazine rings is 1. The Morgan fingerprint density at radius 2 is 1.97 bits per heavy atom. The van der Waals surface area contributed by atoms with Crippen molar-refractivity contribution in [2.75, 3.05) is 38.6 Å². The van der Waals surface area contributed by atoms with Gasteiger partial charge in [-0.25, -0.2) is 15.0 Å². The number of aromatic nitrogens is 3. The van der Waals surface area contributed by atoms with Crippen LogP contribution in [0.3, 0.4) is 0 Å². The third-order valence-corrected chi connectivity index (χ3v) is 6.06. The molecule has 1 aromatic carbocycles. The van der Waals surface area contributed by atoms with Crippen molar-refractivity contribution >= 4 is 34.3 Å². The number of nitrogens with zero attached hydrogens (tertiary/aromatic N) is 8. The molecule has 10 heteroatoms. The third kappa shape index (κ3) is 5.51. The second kappa shape index (κ2) is 11.4. The zero-order valence-corrected chi connectivity index (χ0v) is 20.4. The van der Waals surface area contributed by atoms with E-state index in [0.29, 0.717) is 31.3 Å². The fourth-order valence-electron chi connectivity index (χ4n) is 4.19. The summed E-state index contributed by atoms with van der Waals surface area (Å²) in [6.45, 7) is 6.28. The number of pyridine rings is 1. The first-order valence-corrected chi connectivity index (χ1v) is 11.5. The molecule has 0 aliphatic carbocycles. The molecule has 188 valence electrons. The molecule has 1 atom stereocenters. The molecule has 0 unspecified atom stereocenters. The highest BCUT2D eigenvalue weighted by molar-refractivity contribution is 5.94. The van der Waals surface area contributed by atoms with Crippen LogP contribution < -0.4 is 10.2 Å². The number of carbonyl (C=O) groups excluding carboxylic acids is 1. The zero-order valence-electron chi connectivity index (χ0n) is 20.4. The van der Waals surface area contributed by atoms with E-state index in [1.165, 1.54) is 11.1 Å². The van der Waals surface area contributed by atoms with Gasteiger partial charge in [-0.05, 0) is 30.2 Å². The summed E-state index contributed by atoms with van der Waals surface area (Å²) in [7, 11) is 3.38. The van der Waals surface area contributed by atoms with Crippen LogP contribution in [0.4, 0.5) is 11.5 Å². The number of amides is 1. The number of rotatable bonds is 4.